The molecule has 0 amide bonds. The highest BCUT2D eigenvalue weighted by Crippen LogP contribution is 2.49. The van der Waals surface area contributed by atoms with E-state index in [1.54, 1.807) is 17.8 Å². The molecular weight excluding hydrogens is 417 g/mol. The molecule has 0 N–H and O–H groups in total. The van der Waals surface area contributed by atoms with Crippen molar-refractivity contribution in [2.75, 3.05) is 24.5 Å². The van der Waals surface area contributed by atoms with Gasteiger partial charge in [0, 0.05) is 28.4 Å². The number of fused-ring (bicyclic) bond motifs is 2. The van der Waals surface area contributed by atoms with Crippen LogP contribution in [0.1, 0.15) is 56.9 Å². The van der Waals surface area contributed by atoms with E-state index in [-0.39, 0.29) is 0 Å². The molecule has 0 aromatic heterocycles. The lowest BCUT2D eigenvalue weighted by molar-refractivity contribution is -0.137. The second kappa shape index (κ2) is 8.36. The predicted octanol–water partition coefficient (Wildman–Crippen LogP) is 7.50. The topological polar surface area (TPSA) is 6.48 Å². The van der Waals surface area contributed by atoms with E-state index in [9.17, 15) is 13.2 Å². The molecule has 0 atom stereocenters. The van der Waals surface area contributed by atoms with Crippen LogP contribution in [0.4, 0.5) is 24.5 Å². The monoisotopic (exact) mass is 446 g/mol. The molecule has 0 unspecified atom stereocenters. The van der Waals surface area contributed by atoms with Gasteiger partial charge in [-0.15, -0.1) is 0 Å². The number of hydrogen-bond donors (Lipinski definition) is 0. The first kappa shape index (κ1) is 21.2. The van der Waals surface area contributed by atoms with Gasteiger partial charge in [-0.1, -0.05) is 43.2 Å². The molecule has 31 heavy (non-hydrogen) atoms. The molecule has 1 saturated heterocycles. The second-order valence-corrected chi connectivity index (χ2v) is 10.2. The van der Waals surface area contributed by atoms with Crippen molar-refractivity contribution in [3.63, 3.8) is 0 Å². The van der Waals surface area contributed by atoms with Crippen LogP contribution in [-0.2, 0) is 6.18 Å². The van der Waals surface area contributed by atoms with E-state index in [1.165, 1.54) is 63.6 Å². The van der Waals surface area contributed by atoms with E-state index >= 15 is 0 Å². The molecule has 2 nitrogen and oxygen atoms in total. The van der Waals surface area contributed by atoms with E-state index in [0.717, 1.165) is 35.0 Å². The van der Waals surface area contributed by atoms with Gasteiger partial charge in [0.25, 0.3) is 0 Å². The van der Waals surface area contributed by atoms with Crippen molar-refractivity contribution in [2.24, 2.45) is 0 Å². The van der Waals surface area contributed by atoms with Crippen LogP contribution in [0.3, 0.4) is 0 Å². The summed E-state index contributed by atoms with van der Waals surface area (Å²) in [6.45, 7) is 2.93. The summed E-state index contributed by atoms with van der Waals surface area (Å²) in [4.78, 5) is 6.82. The van der Waals surface area contributed by atoms with Crippen LogP contribution >= 0.6 is 11.8 Å². The van der Waals surface area contributed by atoms with Crippen LogP contribution in [0.5, 0.6) is 0 Å². The maximum Gasteiger partial charge on any atom is 0.416 e. The maximum absolute atomic E-state index is 13.4. The number of benzene rings is 2. The molecule has 6 heteroatoms. The van der Waals surface area contributed by atoms with Crippen molar-refractivity contribution in [3.8, 4) is 0 Å². The molecule has 1 spiro atoms. The van der Waals surface area contributed by atoms with Crippen LogP contribution in [0.2, 0.25) is 0 Å². The number of likely N-dealkylation sites (tertiary alicyclic amines) is 1. The third-order valence-electron chi connectivity index (χ3n) is 7.29. The van der Waals surface area contributed by atoms with Gasteiger partial charge in [-0.2, -0.15) is 13.2 Å². The summed E-state index contributed by atoms with van der Waals surface area (Å²) in [5, 5.41) is 0. The zero-order valence-electron chi connectivity index (χ0n) is 17.8. The standard InChI is InChI=1S/C25H29F3N2S/c26-25(27,28)19-10-11-23-21(18-19)30(20-8-2-3-9-22(20)31-23)17-7-16-29-15-6-14-24(29)12-4-1-5-13-24/h2-3,8-11,18H,1,4-7,12-17H2. The van der Waals surface area contributed by atoms with Gasteiger partial charge in [-0.3, -0.25) is 4.90 Å². The smallest absolute Gasteiger partial charge is 0.340 e. The van der Waals surface area contributed by atoms with Crippen molar-refractivity contribution < 1.29 is 13.2 Å². The average Bonchev–Trinajstić information content (AvgIpc) is 3.14. The van der Waals surface area contributed by atoms with Crippen molar-refractivity contribution >= 4 is 23.1 Å². The molecule has 166 valence electrons. The summed E-state index contributed by atoms with van der Waals surface area (Å²) in [7, 11) is 0. The van der Waals surface area contributed by atoms with Gasteiger partial charge in [0.1, 0.15) is 0 Å². The third kappa shape index (κ3) is 4.09. The largest absolute Gasteiger partial charge is 0.416 e. The molecule has 1 saturated carbocycles. The van der Waals surface area contributed by atoms with Crippen molar-refractivity contribution in [2.45, 2.75) is 72.9 Å². The number of nitrogens with zero attached hydrogens (tertiary/aromatic N) is 2. The predicted molar refractivity (Wildman–Crippen MR) is 120 cm³/mol. The van der Waals surface area contributed by atoms with Crippen molar-refractivity contribution in [1.29, 1.82) is 0 Å². The minimum absolute atomic E-state index is 0.398. The first-order valence-corrected chi connectivity index (χ1v) is 12.3. The Morgan fingerprint density at radius 3 is 2.39 bits per heavy atom. The summed E-state index contributed by atoms with van der Waals surface area (Å²) in [6.07, 6.45) is 5.87. The lowest BCUT2D eigenvalue weighted by atomic mass is 9.80. The summed E-state index contributed by atoms with van der Waals surface area (Å²) in [5.74, 6) is 0. The van der Waals surface area contributed by atoms with Crippen LogP contribution in [0.15, 0.2) is 52.3 Å². The molecule has 2 aliphatic heterocycles. The summed E-state index contributed by atoms with van der Waals surface area (Å²) in [5.41, 5.74) is 1.53. The highest BCUT2D eigenvalue weighted by Gasteiger charge is 2.41. The van der Waals surface area contributed by atoms with Gasteiger partial charge < -0.3 is 4.90 Å². The van der Waals surface area contributed by atoms with Gasteiger partial charge in [0.15, 0.2) is 0 Å². The van der Waals surface area contributed by atoms with E-state index in [1.807, 2.05) is 18.2 Å². The molecule has 2 heterocycles. The molecule has 5 rings (SSSR count). The van der Waals surface area contributed by atoms with E-state index in [4.69, 9.17) is 0 Å². The minimum Gasteiger partial charge on any atom is -0.340 e. The zero-order valence-corrected chi connectivity index (χ0v) is 18.6. The number of para-hydroxylation sites is 1. The lowest BCUT2D eigenvalue weighted by Gasteiger charge is -2.42. The fourth-order valence-corrected chi connectivity index (χ4v) is 6.86. The Bertz CT molecular complexity index is 937. The van der Waals surface area contributed by atoms with Crippen LogP contribution in [0.25, 0.3) is 0 Å². The summed E-state index contributed by atoms with van der Waals surface area (Å²) >= 11 is 1.56. The molecule has 1 aliphatic carbocycles. The van der Waals surface area contributed by atoms with Gasteiger partial charge in [-0.25, -0.2) is 0 Å². The number of anilines is 2. The van der Waals surface area contributed by atoms with Crippen molar-refractivity contribution in [1.82, 2.24) is 4.90 Å². The molecule has 0 bridgehead atoms. The molecule has 2 fully saturated rings. The van der Waals surface area contributed by atoms with E-state index < -0.39 is 11.7 Å². The average molecular weight is 447 g/mol. The van der Waals surface area contributed by atoms with Gasteiger partial charge in [-0.05, 0) is 69.0 Å². The Labute approximate surface area is 186 Å². The SMILES string of the molecule is FC(F)(F)c1ccc2c(c1)N(CCCN1CCCC13CCCCC3)c1ccccc1S2. The Kier molecular flexibility index (Phi) is 5.72. The first-order chi connectivity index (χ1) is 15.0. The van der Waals surface area contributed by atoms with Crippen LogP contribution in [-0.4, -0.2) is 30.1 Å². The minimum atomic E-state index is -4.33. The maximum atomic E-state index is 13.4. The zero-order chi connectivity index (χ0) is 21.5. The number of hydrogen-bond acceptors (Lipinski definition) is 3. The molecule has 2 aromatic carbocycles. The number of rotatable bonds is 4. The van der Waals surface area contributed by atoms with Gasteiger partial charge >= 0.3 is 6.18 Å². The van der Waals surface area contributed by atoms with Gasteiger partial charge in [0.05, 0.1) is 16.9 Å². The third-order valence-corrected chi connectivity index (χ3v) is 8.42. The van der Waals surface area contributed by atoms with Crippen LogP contribution < -0.4 is 4.90 Å². The van der Waals surface area contributed by atoms with E-state index in [2.05, 4.69) is 15.9 Å². The lowest BCUT2D eigenvalue weighted by Crippen LogP contribution is -2.46. The Morgan fingerprint density at radius 1 is 0.839 bits per heavy atom. The fourth-order valence-electron chi connectivity index (χ4n) is 5.79. The highest BCUT2D eigenvalue weighted by molar-refractivity contribution is 7.99. The summed E-state index contributed by atoms with van der Waals surface area (Å²) < 4.78 is 40.2. The second-order valence-electron chi connectivity index (χ2n) is 9.13. The number of alkyl halides is 3. The van der Waals surface area contributed by atoms with Crippen molar-refractivity contribution in [3.05, 3.63) is 48.0 Å². The number of halogens is 3. The van der Waals surface area contributed by atoms with E-state index in [0.29, 0.717) is 11.2 Å². The Hall–Kier alpha value is -1.66. The quantitative estimate of drug-likeness (QED) is 0.480. The Balaban J connectivity index is 1.37. The summed E-state index contributed by atoms with van der Waals surface area (Å²) in [6, 6.07) is 12.2. The first-order valence-electron chi connectivity index (χ1n) is 11.5. The normalized spacial score (nSPS) is 20.7. The fraction of sp³-hybridized carbons (Fsp3) is 0.520. The molecular formula is C25H29F3N2S. The van der Waals surface area contributed by atoms with Gasteiger partial charge in [0.2, 0.25) is 0 Å². The molecule has 2 aromatic rings. The Morgan fingerprint density at radius 2 is 1.58 bits per heavy atom. The molecule has 0 radical (unpaired) electrons. The van der Waals surface area contributed by atoms with Crippen LogP contribution in [0, 0.1) is 0 Å². The molecule has 3 aliphatic rings. The highest BCUT2D eigenvalue weighted by atomic mass is 32.2.